The SMILES string of the molecule is Cl.FC(F)Oc1ccccc1[C@H](CC(F)(F)F)N1CCNCC1. The van der Waals surface area contributed by atoms with Crippen LogP contribution in [0.4, 0.5) is 22.0 Å². The van der Waals surface area contributed by atoms with Crippen molar-refractivity contribution < 1.29 is 26.7 Å². The lowest BCUT2D eigenvalue weighted by molar-refractivity contribution is -0.149. The number of hydrogen-bond acceptors (Lipinski definition) is 3. The first kappa shape index (κ1) is 19.9. The van der Waals surface area contributed by atoms with Crippen LogP contribution in [0.3, 0.4) is 0 Å². The smallest absolute Gasteiger partial charge is 0.390 e. The Kier molecular flexibility index (Phi) is 7.50. The maximum atomic E-state index is 12.9. The molecule has 1 aliphatic heterocycles. The van der Waals surface area contributed by atoms with Gasteiger partial charge in [0.25, 0.3) is 0 Å². The molecule has 2 rings (SSSR count). The molecule has 0 aliphatic carbocycles. The number of halogens is 6. The Labute approximate surface area is 137 Å². The average Bonchev–Trinajstić information content (AvgIpc) is 2.45. The lowest BCUT2D eigenvalue weighted by Crippen LogP contribution is -2.46. The van der Waals surface area contributed by atoms with Crippen LogP contribution in [0.15, 0.2) is 24.3 Å². The van der Waals surface area contributed by atoms with E-state index in [1.807, 2.05) is 0 Å². The van der Waals surface area contributed by atoms with E-state index < -0.39 is 25.3 Å². The molecule has 1 fully saturated rings. The average molecular weight is 361 g/mol. The number of piperazine rings is 1. The van der Waals surface area contributed by atoms with Crippen LogP contribution in [0.5, 0.6) is 5.75 Å². The summed E-state index contributed by atoms with van der Waals surface area (Å²) in [5, 5.41) is 3.06. The minimum Gasteiger partial charge on any atom is -0.434 e. The summed E-state index contributed by atoms with van der Waals surface area (Å²) in [5.74, 6) is -0.203. The van der Waals surface area contributed by atoms with Gasteiger partial charge >= 0.3 is 12.8 Å². The highest BCUT2D eigenvalue weighted by molar-refractivity contribution is 5.85. The number of ether oxygens (including phenoxy) is 1. The quantitative estimate of drug-likeness (QED) is 0.812. The fourth-order valence-corrected chi connectivity index (χ4v) is 2.61. The normalized spacial score (nSPS) is 17.7. The van der Waals surface area contributed by atoms with Gasteiger partial charge in [-0.25, -0.2) is 0 Å². The van der Waals surface area contributed by atoms with Crippen molar-refractivity contribution in [2.75, 3.05) is 26.2 Å². The van der Waals surface area contributed by atoms with Crippen LogP contribution in [-0.4, -0.2) is 43.9 Å². The van der Waals surface area contributed by atoms with E-state index in [9.17, 15) is 22.0 Å². The predicted octanol–water partition coefficient (Wildman–Crippen LogP) is 3.61. The molecule has 1 heterocycles. The fourth-order valence-electron chi connectivity index (χ4n) is 2.61. The molecule has 1 aliphatic rings. The van der Waals surface area contributed by atoms with Gasteiger partial charge in [0.2, 0.25) is 0 Å². The van der Waals surface area contributed by atoms with Crippen LogP contribution >= 0.6 is 12.4 Å². The van der Waals surface area contributed by atoms with Crippen LogP contribution < -0.4 is 10.1 Å². The van der Waals surface area contributed by atoms with Gasteiger partial charge in [0, 0.05) is 37.8 Å². The van der Waals surface area contributed by atoms with Gasteiger partial charge in [-0.3, -0.25) is 4.90 Å². The van der Waals surface area contributed by atoms with Crippen molar-refractivity contribution in [2.45, 2.75) is 25.3 Å². The number of hydrogen-bond donors (Lipinski definition) is 1. The molecule has 3 nitrogen and oxygen atoms in total. The van der Waals surface area contributed by atoms with Gasteiger partial charge < -0.3 is 10.1 Å². The molecular formula is C14H18ClF5N2O. The van der Waals surface area contributed by atoms with Gasteiger partial charge in [-0.05, 0) is 6.07 Å². The van der Waals surface area contributed by atoms with Gasteiger partial charge in [0.05, 0.1) is 6.42 Å². The number of alkyl halides is 5. The third-order valence-corrected chi connectivity index (χ3v) is 3.51. The predicted molar refractivity (Wildman–Crippen MR) is 78.2 cm³/mol. The first-order valence-corrected chi connectivity index (χ1v) is 6.92. The first-order chi connectivity index (χ1) is 10.4. The summed E-state index contributed by atoms with van der Waals surface area (Å²) in [4.78, 5) is 1.65. The highest BCUT2D eigenvalue weighted by atomic mass is 35.5. The van der Waals surface area contributed by atoms with Crippen LogP contribution in [0.1, 0.15) is 18.0 Å². The number of rotatable bonds is 5. The molecule has 1 aromatic carbocycles. The Morgan fingerprint density at radius 1 is 1.13 bits per heavy atom. The maximum absolute atomic E-state index is 12.9. The second-order valence-corrected chi connectivity index (χ2v) is 5.04. The van der Waals surface area contributed by atoms with Gasteiger partial charge in [-0.2, -0.15) is 22.0 Å². The highest BCUT2D eigenvalue weighted by Crippen LogP contribution is 2.38. The van der Waals surface area contributed by atoms with E-state index in [1.165, 1.54) is 24.3 Å². The van der Waals surface area contributed by atoms with E-state index in [0.29, 0.717) is 26.2 Å². The Morgan fingerprint density at radius 3 is 2.30 bits per heavy atom. The van der Waals surface area contributed by atoms with E-state index in [1.54, 1.807) is 4.90 Å². The third kappa shape index (κ3) is 6.12. The molecule has 9 heteroatoms. The van der Waals surface area contributed by atoms with E-state index in [0.717, 1.165) is 0 Å². The summed E-state index contributed by atoms with van der Waals surface area (Å²) < 4.78 is 68.1. The molecule has 0 spiro atoms. The second-order valence-electron chi connectivity index (χ2n) is 5.04. The molecule has 0 aromatic heterocycles. The van der Waals surface area contributed by atoms with Crippen molar-refractivity contribution in [1.29, 1.82) is 0 Å². The monoisotopic (exact) mass is 360 g/mol. The summed E-state index contributed by atoms with van der Waals surface area (Å²) in [5.41, 5.74) is 0.141. The molecule has 0 amide bonds. The maximum Gasteiger partial charge on any atom is 0.390 e. The van der Waals surface area contributed by atoms with Crippen molar-refractivity contribution in [3.05, 3.63) is 29.8 Å². The van der Waals surface area contributed by atoms with E-state index in [4.69, 9.17) is 0 Å². The largest absolute Gasteiger partial charge is 0.434 e. The molecule has 132 valence electrons. The van der Waals surface area contributed by atoms with Crippen molar-refractivity contribution in [3.63, 3.8) is 0 Å². The zero-order valence-corrected chi connectivity index (χ0v) is 13.0. The van der Waals surface area contributed by atoms with Crippen molar-refractivity contribution in [2.24, 2.45) is 0 Å². The highest BCUT2D eigenvalue weighted by Gasteiger charge is 2.37. The molecule has 1 saturated heterocycles. The van der Waals surface area contributed by atoms with Crippen LogP contribution in [0, 0.1) is 0 Å². The van der Waals surface area contributed by atoms with E-state index in [-0.39, 0.29) is 23.7 Å². The summed E-state index contributed by atoms with van der Waals surface area (Å²) in [6, 6.07) is 4.64. The fraction of sp³-hybridized carbons (Fsp3) is 0.571. The molecule has 23 heavy (non-hydrogen) atoms. The topological polar surface area (TPSA) is 24.5 Å². The number of benzene rings is 1. The molecule has 0 radical (unpaired) electrons. The Morgan fingerprint density at radius 2 is 1.74 bits per heavy atom. The zero-order valence-electron chi connectivity index (χ0n) is 12.2. The van der Waals surface area contributed by atoms with Gasteiger partial charge in [-0.15, -0.1) is 12.4 Å². The molecule has 1 N–H and O–H groups in total. The molecule has 0 bridgehead atoms. The lowest BCUT2D eigenvalue weighted by Gasteiger charge is -2.36. The Balaban J connectivity index is 0.00000264. The van der Waals surface area contributed by atoms with Gasteiger partial charge in [0.1, 0.15) is 5.75 Å². The van der Waals surface area contributed by atoms with Gasteiger partial charge in [-0.1, -0.05) is 18.2 Å². The molecular weight excluding hydrogens is 343 g/mol. The zero-order chi connectivity index (χ0) is 16.2. The Hall–Kier alpha value is -1.12. The third-order valence-electron chi connectivity index (χ3n) is 3.51. The number of nitrogens with one attached hydrogen (secondary N) is 1. The van der Waals surface area contributed by atoms with Crippen molar-refractivity contribution in [1.82, 2.24) is 10.2 Å². The second kappa shape index (κ2) is 8.65. The van der Waals surface area contributed by atoms with E-state index in [2.05, 4.69) is 10.1 Å². The lowest BCUT2D eigenvalue weighted by atomic mass is 9.99. The van der Waals surface area contributed by atoms with Gasteiger partial charge in [0.15, 0.2) is 0 Å². The molecule has 0 saturated carbocycles. The molecule has 0 unspecified atom stereocenters. The van der Waals surface area contributed by atoms with E-state index >= 15 is 0 Å². The van der Waals surface area contributed by atoms with Crippen molar-refractivity contribution >= 4 is 12.4 Å². The minimum absolute atomic E-state index is 0. The first-order valence-electron chi connectivity index (χ1n) is 6.92. The summed E-state index contributed by atoms with van der Waals surface area (Å²) >= 11 is 0. The van der Waals surface area contributed by atoms with Crippen molar-refractivity contribution in [3.8, 4) is 5.75 Å². The van der Waals surface area contributed by atoms with Crippen LogP contribution in [0.25, 0.3) is 0 Å². The standard InChI is InChI=1S/C14H17F5N2O.ClH/c15-13(16)22-12-4-2-1-3-10(12)11(9-14(17,18)19)21-7-5-20-6-8-21;/h1-4,11,13,20H,5-9H2;1H/t11-;/m0./s1. The van der Waals surface area contributed by atoms with Crippen LogP contribution in [-0.2, 0) is 0 Å². The van der Waals surface area contributed by atoms with Crippen LogP contribution in [0.2, 0.25) is 0 Å². The molecule has 1 atom stereocenters. The summed E-state index contributed by atoms with van der Waals surface area (Å²) in [6.45, 7) is -1.11. The Bertz CT molecular complexity index is 480. The number of nitrogens with zero attached hydrogens (tertiary/aromatic N) is 1. The summed E-state index contributed by atoms with van der Waals surface area (Å²) in [6.07, 6.45) is -5.50. The molecule has 1 aromatic rings. The summed E-state index contributed by atoms with van der Waals surface area (Å²) in [7, 11) is 0. The minimum atomic E-state index is -4.40. The number of para-hydroxylation sites is 1.